The second-order valence-electron chi connectivity index (χ2n) is 4.04. The van der Waals surface area contributed by atoms with Gasteiger partial charge in [0, 0.05) is 13.6 Å². The maximum absolute atomic E-state index is 11.9. The van der Waals surface area contributed by atoms with Crippen LogP contribution in [0.15, 0.2) is 9.59 Å². The summed E-state index contributed by atoms with van der Waals surface area (Å²) in [7, 11) is 1.31. The normalized spacial score (nSPS) is 12.4. The third-order valence-corrected chi connectivity index (χ3v) is 2.84. The molecule has 18 heavy (non-hydrogen) atoms. The quantitative estimate of drug-likeness (QED) is 0.633. The van der Waals surface area contributed by atoms with Crippen molar-refractivity contribution in [1.82, 2.24) is 9.13 Å². The van der Waals surface area contributed by atoms with E-state index in [9.17, 15) is 14.4 Å². The molecule has 1 aromatic rings. The smallest absolute Gasteiger partial charge is 0.332 e. The molecule has 0 spiro atoms. The van der Waals surface area contributed by atoms with Gasteiger partial charge in [-0.2, -0.15) is 0 Å². The summed E-state index contributed by atoms with van der Waals surface area (Å²) in [6, 6.07) is 0. The molecule has 1 rings (SSSR count). The molecule has 7 heteroatoms. The highest BCUT2D eigenvalue weighted by Gasteiger charge is 2.23. The standard InChI is InChI=1S/C11H16ClN3O3/c1-4-5-15-9(13)7(8(16)6(2)12)10(17)14(3)11(15)18/h6H,4-5,13H2,1-3H3. The van der Waals surface area contributed by atoms with E-state index in [4.69, 9.17) is 17.3 Å². The number of carbonyl (C=O) groups is 1. The number of nitrogens with zero attached hydrogens (tertiary/aromatic N) is 2. The number of alkyl halides is 1. The highest BCUT2D eigenvalue weighted by atomic mass is 35.5. The van der Waals surface area contributed by atoms with E-state index in [0.29, 0.717) is 13.0 Å². The van der Waals surface area contributed by atoms with Crippen molar-refractivity contribution < 1.29 is 4.79 Å². The number of nitrogens with two attached hydrogens (primary N) is 1. The third kappa shape index (κ3) is 2.33. The summed E-state index contributed by atoms with van der Waals surface area (Å²) < 4.78 is 2.09. The predicted octanol–water partition coefficient (Wildman–Crippen LogP) is 0.349. The average Bonchev–Trinajstić information content (AvgIpc) is 2.32. The molecule has 0 aliphatic carbocycles. The van der Waals surface area contributed by atoms with E-state index in [-0.39, 0.29) is 11.4 Å². The van der Waals surface area contributed by atoms with Crippen LogP contribution in [-0.2, 0) is 13.6 Å². The lowest BCUT2D eigenvalue weighted by Crippen LogP contribution is -2.43. The van der Waals surface area contributed by atoms with Gasteiger partial charge in [0.2, 0.25) is 0 Å². The molecule has 0 saturated heterocycles. The van der Waals surface area contributed by atoms with Crippen LogP contribution in [0.3, 0.4) is 0 Å². The third-order valence-electron chi connectivity index (χ3n) is 2.64. The Morgan fingerprint density at radius 2 is 2.00 bits per heavy atom. The topological polar surface area (TPSA) is 87.1 Å². The van der Waals surface area contributed by atoms with Gasteiger partial charge in [-0.25, -0.2) is 4.79 Å². The van der Waals surface area contributed by atoms with Crippen LogP contribution < -0.4 is 17.0 Å². The maximum Gasteiger partial charge on any atom is 0.332 e. The number of anilines is 1. The Hall–Kier alpha value is -1.56. The summed E-state index contributed by atoms with van der Waals surface area (Å²) >= 11 is 5.69. The average molecular weight is 274 g/mol. The number of ketones is 1. The van der Waals surface area contributed by atoms with Crippen LogP contribution in [0.5, 0.6) is 0 Å². The van der Waals surface area contributed by atoms with E-state index < -0.39 is 22.4 Å². The van der Waals surface area contributed by atoms with Gasteiger partial charge in [0.15, 0.2) is 5.78 Å². The molecule has 0 amide bonds. The van der Waals surface area contributed by atoms with Crippen molar-refractivity contribution in [3.05, 3.63) is 26.4 Å². The van der Waals surface area contributed by atoms with Gasteiger partial charge in [-0.3, -0.25) is 18.7 Å². The molecular weight excluding hydrogens is 258 g/mol. The van der Waals surface area contributed by atoms with Gasteiger partial charge in [0.25, 0.3) is 5.56 Å². The molecule has 0 aliphatic heterocycles. The molecule has 0 fully saturated rings. The molecule has 0 aromatic carbocycles. The first-order chi connectivity index (χ1) is 8.32. The summed E-state index contributed by atoms with van der Waals surface area (Å²) in [4.78, 5) is 35.6. The Balaban J connectivity index is 3.68. The van der Waals surface area contributed by atoms with Gasteiger partial charge >= 0.3 is 5.69 Å². The fourth-order valence-electron chi connectivity index (χ4n) is 1.65. The van der Waals surface area contributed by atoms with E-state index in [2.05, 4.69) is 0 Å². The van der Waals surface area contributed by atoms with E-state index in [1.54, 1.807) is 0 Å². The summed E-state index contributed by atoms with van der Waals surface area (Å²) in [6.45, 7) is 3.66. The Kier molecular flexibility index (Phi) is 4.34. The van der Waals surface area contributed by atoms with Crippen molar-refractivity contribution in [2.45, 2.75) is 32.2 Å². The number of nitrogen functional groups attached to an aromatic ring is 1. The minimum atomic E-state index is -0.868. The zero-order valence-electron chi connectivity index (χ0n) is 10.6. The highest BCUT2D eigenvalue weighted by Crippen LogP contribution is 2.11. The minimum Gasteiger partial charge on any atom is -0.384 e. The van der Waals surface area contributed by atoms with Crippen molar-refractivity contribution in [2.75, 3.05) is 5.73 Å². The molecular formula is C11H16ClN3O3. The Labute approximate surface area is 109 Å². The zero-order valence-corrected chi connectivity index (χ0v) is 11.3. The first-order valence-corrected chi connectivity index (χ1v) is 6.04. The summed E-state index contributed by atoms with van der Waals surface area (Å²) in [6.07, 6.45) is 0.659. The molecule has 100 valence electrons. The second kappa shape index (κ2) is 5.39. The fourth-order valence-corrected chi connectivity index (χ4v) is 1.76. The molecule has 2 N–H and O–H groups in total. The van der Waals surface area contributed by atoms with E-state index in [1.807, 2.05) is 6.92 Å². The van der Waals surface area contributed by atoms with Crippen LogP contribution in [0.25, 0.3) is 0 Å². The number of hydrogen-bond donors (Lipinski definition) is 1. The number of Topliss-reactive ketones (excluding diaryl/α,β-unsaturated/α-hetero) is 1. The van der Waals surface area contributed by atoms with Crippen LogP contribution in [0.4, 0.5) is 5.82 Å². The lowest BCUT2D eigenvalue weighted by atomic mass is 10.1. The van der Waals surface area contributed by atoms with Crippen LogP contribution in [0.2, 0.25) is 0 Å². The first-order valence-electron chi connectivity index (χ1n) is 5.60. The summed E-state index contributed by atoms with van der Waals surface area (Å²) in [5.74, 6) is -0.679. The molecule has 1 heterocycles. The summed E-state index contributed by atoms with van der Waals surface area (Å²) in [5.41, 5.74) is 4.30. The largest absolute Gasteiger partial charge is 0.384 e. The van der Waals surface area contributed by atoms with E-state index in [0.717, 1.165) is 4.57 Å². The lowest BCUT2D eigenvalue weighted by molar-refractivity contribution is 0.0989. The monoisotopic (exact) mass is 273 g/mol. The first kappa shape index (κ1) is 14.5. The van der Waals surface area contributed by atoms with E-state index in [1.165, 1.54) is 18.5 Å². The van der Waals surface area contributed by atoms with Gasteiger partial charge in [-0.15, -0.1) is 11.6 Å². The van der Waals surface area contributed by atoms with Gasteiger partial charge in [0.05, 0.1) is 5.38 Å². The molecule has 1 atom stereocenters. The van der Waals surface area contributed by atoms with Gasteiger partial charge in [-0.05, 0) is 13.3 Å². The van der Waals surface area contributed by atoms with Crippen molar-refractivity contribution in [3.8, 4) is 0 Å². The Bertz CT molecular complexity index is 586. The molecule has 0 bridgehead atoms. The molecule has 1 aromatic heterocycles. The Morgan fingerprint density at radius 3 is 2.44 bits per heavy atom. The van der Waals surface area contributed by atoms with Crippen molar-refractivity contribution >= 4 is 23.2 Å². The SMILES string of the molecule is CCCn1c(N)c(C(=O)C(C)Cl)c(=O)n(C)c1=O. The van der Waals surface area contributed by atoms with Crippen LogP contribution >= 0.6 is 11.6 Å². The van der Waals surface area contributed by atoms with E-state index >= 15 is 0 Å². The molecule has 0 aliphatic rings. The fraction of sp³-hybridized carbons (Fsp3) is 0.545. The highest BCUT2D eigenvalue weighted by molar-refractivity contribution is 6.34. The number of halogens is 1. The molecule has 1 unspecified atom stereocenters. The van der Waals surface area contributed by atoms with Crippen LogP contribution in [-0.4, -0.2) is 20.3 Å². The van der Waals surface area contributed by atoms with Gasteiger partial charge < -0.3 is 5.73 Å². The molecule has 0 saturated carbocycles. The molecule has 0 radical (unpaired) electrons. The number of aromatic nitrogens is 2. The van der Waals surface area contributed by atoms with Crippen LogP contribution in [0, 0.1) is 0 Å². The number of rotatable bonds is 4. The van der Waals surface area contributed by atoms with Gasteiger partial charge in [0.1, 0.15) is 11.4 Å². The van der Waals surface area contributed by atoms with Crippen molar-refractivity contribution in [1.29, 1.82) is 0 Å². The summed E-state index contributed by atoms with van der Waals surface area (Å²) in [5, 5.41) is -0.868. The lowest BCUT2D eigenvalue weighted by Gasteiger charge is -2.14. The number of hydrogen-bond acceptors (Lipinski definition) is 4. The zero-order chi connectivity index (χ0) is 14.0. The van der Waals surface area contributed by atoms with Gasteiger partial charge in [-0.1, -0.05) is 6.92 Å². The van der Waals surface area contributed by atoms with Crippen molar-refractivity contribution in [2.24, 2.45) is 7.05 Å². The predicted molar refractivity (Wildman–Crippen MR) is 70.3 cm³/mol. The minimum absolute atomic E-state index is 0.109. The Morgan fingerprint density at radius 1 is 1.44 bits per heavy atom. The maximum atomic E-state index is 11.9. The molecule has 6 nitrogen and oxygen atoms in total. The van der Waals surface area contributed by atoms with Crippen molar-refractivity contribution in [3.63, 3.8) is 0 Å². The van der Waals surface area contributed by atoms with Crippen LogP contribution in [0.1, 0.15) is 30.6 Å². The number of carbonyl (C=O) groups excluding carboxylic acids is 1. The second-order valence-corrected chi connectivity index (χ2v) is 4.69.